The van der Waals surface area contributed by atoms with Crippen molar-refractivity contribution in [2.75, 3.05) is 6.54 Å². The van der Waals surface area contributed by atoms with Crippen LogP contribution in [0, 0.1) is 5.92 Å². The molecule has 1 aromatic rings. The highest BCUT2D eigenvalue weighted by Crippen LogP contribution is 2.26. The Hall–Kier alpha value is -1.07. The van der Waals surface area contributed by atoms with Crippen LogP contribution in [0.1, 0.15) is 38.5 Å². The number of hydrogen-bond acceptors (Lipinski definition) is 3. The van der Waals surface area contributed by atoms with Gasteiger partial charge in [0.15, 0.2) is 0 Å². The monoisotopic (exact) mass is 300 g/mol. The van der Waals surface area contributed by atoms with Gasteiger partial charge in [0, 0.05) is 25.5 Å². The number of nitrogens with two attached hydrogens (primary N) is 1. The van der Waals surface area contributed by atoms with E-state index in [1.807, 2.05) is 10.8 Å². The van der Waals surface area contributed by atoms with Gasteiger partial charge in [-0.25, -0.2) is 4.98 Å². The number of nitrogens with zero attached hydrogens (tertiary/aromatic N) is 2. The Morgan fingerprint density at radius 3 is 2.80 bits per heavy atom. The summed E-state index contributed by atoms with van der Waals surface area (Å²) in [6.45, 7) is 1.34. The van der Waals surface area contributed by atoms with E-state index in [4.69, 9.17) is 5.73 Å². The van der Waals surface area contributed by atoms with Gasteiger partial charge in [-0.15, -0.1) is 12.4 Å². The Kier molecular flexibility index (Phi) is 7.62. The molecule has 1 heterocycles. The highest BCUT2D eigenvalue weighted by Gasteiger charge is 2.20. The summed E-state index contributed by atoms with van der Waals surface area (Å²) in [4.78, 5) is 15.8. The number of amides is 1. The quantitative estimate of drug-likeness (QED) is 0.840. The van der Waals surface area contributed by atoms with E-state index in [1.54, 1.807) is 12.5 Å². The second kappa shape index (κ2) is 8.97. The van der Waals surface area contributed by atoms with Gasteiger partial charge < -0.3 is 15.6 Å². The van der Waals surface area contributed by atoms with Crippen molar-refractivity contribution in [2.45, 2.75) is 51.1 Å². The van der Waals surface area contributed by atoms with Crippen LogP contribution in [0.4, 0.5) is 0 Å². The number of imidazole rings is 1. The van der Waals surface area contributed by atoms with Crippen molar-refractivity contribution < 1.29 is 4.79 Å². The predicted molar refractivity (Wildman–Crippen MR) is 81.7 cm³/mol. The molecule has 1 fully saturated rings. The fourth-order valence-electron chi connectivity index (χ4n) is 2.75. The van der Waals surface area contributed by atoms with Crippen molar-refractivity contribution in [3.63, 3.8) is 0 Å². The lowest BCUT2D eigenvalue weighted by atomic mass is 9.85. The molecule has 1 aliphatic rings. The summed E-state index contributed by atoms with van der Waals surface area (Å²) in [5.41, 5.74) is 5.98. The number of halogens is 1. The van der Waals surface area contributed by atoms with Crippen LogP contribution in [0.2, 0.25) is 0 Å². The second-order valence-electron chi connectivity index (χ2n) is 5.44. The van der Waals surface area contributed by atoms with E-state index in [1.165, 1.54) is 32.1 Å². The largest absolute Gasteiger partial charge is 0.353 e. The number of hydrogen-bond donors (Lipinski definition) is 2. The first-order valence-electron chi connectivity index (χ1n) is 7.25. The van der Waals surface area contributed by atoms with E-state index in [2.05, 4.69) is 10.3 Å². The number of rotatable bonds is 6. The Morgan fingerprint density at radius 1 is 1.40 bits per heavy atom. The van der Waals surface area contributed by atoms with E-state index in [0.717, 1.165) is 13.0 Å². The molecule has 0 saturated heterocycles. The van der Waals surface area contributed by atoms with Crippen LogP contribution >= 0.6 is 12.4 Å². The molecule has 0 bridgehead atoms. The molecule has 0 spiro atoms. The number of carbonyl (C=O) groups excluding carboxylic acids is 1. The maximum Gasteiger partial charge on any atom is 0.236 e. The average molecular weight is 301 g/mol. The van der Waals surface area contributed by atoms with Gasteiger partial charge in [-0.05, 0) is 12.3 Å². The Labute approximate surface area is 126 Å². The summed E-state index contributed by atoms with van der Waals surface area (Å²) in [7, 11) is 0. The number of carbonyl (C=O) groups is 1. The molecule has 114 valence electrons. The first-order chi connectivity index (χ1) is 9.25. The molecule has 0 aliphatic heterocycles. The van der Waals surface area contributed by atoms with Gasteiger partial charge in [0.1, 0.15) is 0 Å². The third kappa shape index (κ3) is 5.51. The van der Waals surface area contributed by atoms with Gasteiger partial charge in [0.2, 0.25) is 5.91 Å². The lowest BCUT2D eigenvalue weighted by molar-refractivity contribution is -0.122. The van der Waals surface area contributed by atoms with Gasteiger partial charge in [-0.1, -0.05) is 32.1 Å². The minimum atomic E-state index is -0.356. The van der Waals surface area contributed by atoms with Crippen molar-refractivity contribution in [2.24, 2.45) is 11.7 Å². The molecule has 2 rings (SSSR count). The highest BCUT2D eigenvalue weighted by atomic mass is 35.5. The summed E-state index contributed by atoms with van der Waals surface area (Å²) in [5, 5.41) is 2.90. The third-order valence-electron chi connectivity index (χ3n) is 3.88. The second-order valence-corrected chi connectivity index (χ2v) is 5.44. The fourth-order valence-corrected chi connectivity index (χ4v) is 2.75. The molecule has 5 nitrogen and oxygen atoms in total. The van der Waals surface area contributed by atoms with E-state index in [-0.39, 0.29) is 24.4 Å². The van der Waals surface area contributed by atoms with Gasteiger partial charge in [0.25, 0.3) is 0 Å². The van der Waals surface area contributed by atoms with Gasteiger partial charge in [0.05, 0.1) is 12.4 Å². The summed E-state index contributed by atoms with van der Waals surface area (Å²) >= 11 is 0. The van der Waals surface area contributed by atoms with Crippen LogP contribution in [0.15, 0.2) is 18.7 Å². The average Bonchev–Trinajstić information content (AvgIpc) is 2.93. The van der Waals surface area contributed by atoms with Crippen molar-refractivity contribution in [3.05, 3.63) is 18.7 Å². The van der Waals surface area contributed by atoms with Crippen molar-refractivity contribution >= 4 is 18.3 Å². The van der Waals surface area contributed by atoms with Gasteiger partial charge >= 0.3 is 0 Å². The van der Waals surface area contributed by atoms with E-state index in [0.29, 0.717) is 12.5 Å². The standard InChI is InChI=1S/C14H24N4O.ClH/c15-13(10-12-4-2-1-3-5-12)14(19)17-7-9-18-8-6-16-11-18;/h6,8,11-13H,1-5,7,9-10,15H2,(H,17,19);1H. The fraction of sp³-hybridized carbons (Fsp3) is 0.714. The molecule has 1 atom stereocenters. The minimum Gasteiger partial charge on any atom is -0.353 e. The molecule has 1 aliphatic carbocycles. The maximum atomic E-state index is 11.9. The van der Waals surface area contributed by atoms with E-state index < -0.39 is 0 Å². The minimum absolute atomic E-state index is 0. The van der Waals surface area contributed by atoms with Gasteiger partial charge in [-0.2, -0.15) is 0 Å². The zero-order valence-corrected chi connectivity index (χ0v) is 12.6. The molecule has 1 aromatic heterocycles. The molecule has 1 saturated carbocycles. The van der Waals surface area contributed by atoms with Crippen LogP contribution in [0.25, 0.3) is 0 Å². The van der Waals surface area contributed by atoms with Crippen LogP contribution in [-0.2, 0) is 11.3 Å². The van der Waals surface area contributed by atoms with Crippen LogP contribution < -0.4 is 11.1 Å². The molecule has 0 aromatic carbocycles. The molecule has 1 unspecified atom stereocenters. The first-order valence-corrected chi connectivity index (χ1v) is 7.25. The van der Waals surface area contributed by atoms with Crippen LogP contribution in [0.5, 0.6) is 0 Å². The highest BCUT2D eigenvalue weighted by molar-refractivity contribution is 5.85. The summed E-state index contributed by atoms with van der Waals surface area (Å²) in [5.74, 6) is 0.619. The molecule has 0 radical (unpaired) electrons. The lowest BCUT2D eigenvalue weighted by Gasteiger charge is -2.24. The smallest absolute Gasteiger partial charge is 0.236 e. The van der Waals surface area contributed by atoms with Crippen LogP contribution in [0.3, 0.4) is 0 Å². The summed E-state index contributed by atoms with van der Waals surface area (Å²) in [6, 6.07) is -0.356. The Bertz CT molecular complexity index is 377. The van der Waals surface area contributed by atoms with Gasteiger partial charge in [-0.3, -0.25) is 4.79 Å². The van der Waals surface area contributed by atoms with Crippen LogP contribution in [-0.4, -0.2) is 28.0 Å². The number of aromatic nitrogens is 2. The van der Waals surface area contributed by atoms with Crippen molar-refractivity contribution in [1.82, 2.24) is 14.9 Å². The zero-order valence-electron chi connectivity index (χ0n) is 11.8. The lowest BCUT2D eigenvalue weighted by Crippen LogP contribution is -2.42. The molecule has 3 N–H and O–H groups in total. The summed E-state index contributed by atoms with van der Waals surface area (Å²) in [6.07, 6.45) is 12.6. The Morgan fingerprint density at radius 2 is 2.15 bits per heavy atom. The molecule has 6 heteroatoms. The topological polar surface area (TPSA) is 72.9 Å². The zero-order chi connectivity index (χ0) is 13.5. The van der Waals surface area contributed by atoms with Crippen molar-refractivity contribution in [3.8, 4) is 0 Å². The Balaban J connectivity index is 0.00000200. The molecule has 20 heavy (non-hydrogen) atoms. The van der Waals surface area contributed by atoms with E-state index in [9.17, 15) is 4.79 Å². The third-order valence-corrected chi connectivity index (χ3v) is 3.88. The maximum absolute atomic E-state index is 11.9. The van der Waals surface area contributed by atoms with E-state index >= 15 is 0 Å². The predicted octanol–water partition coefficient (Wildman–Crippen LogP) is 1.72. The van der Waals surface area contributed by atoms with Crippen molar-refractivity contribution in [1.29, 1.82) is 0 Å². The SMILES string of the molecule is Cl.NC(CC1CCCCC1)C(=O)NCCn1ccnc1. The first kappa shape index (κ1) is 17.0. The summed E-state index contributed by atoms with van der Waals surface area (Å²) < 4.78 is 1.94. The molecular formula is C14H25ClN4O. The molecule has 1 amide bonds. The number of nitrogens with one attached hydrogen (secondary N) is 1. The molecular weight excluding hydrogens is 276 g/mol. The normalized spacial score (nSPS) is 17.2.